The molecule has 1 atom stereocenters. The van der Waals surface area contributed by atoms with Gasteiger partial charge in [-0.3, -0.25) is 0 Å². The molecule has 0 aromatic heterocycles. The van der Waals surface area contributed by atoms with Crippen molar-refractivity contribution in [3.63, 3.8) is 0 Å². The van der Waals surface area contributed by atoms with Gasteiger partial charge in [0.2, 0.25) is 0 Å². The maximum atomic E-state index is 11.3. The van der Waals surface area contributed by atoms with Gasteiger partial charge in [-0.05, 0) is 25.7 Å². The van der Waals surface area contributed by atoms with Gasteiger partial charge >= 0.3 is 14.8 Å². The number of hydrogen-bond acceptors (Lipinski definition) is 8. The number of carboxylic acid groups (broad SMARTS) is 3. The number of quaternary nitrogens is 1. The molecule has 0 amide bonds. The highest BCUT2D eigenvalue weighted by molar-refractivity contribution is 6.61. The maximum Gasteiger partial charge on any atom is 0.502 e. The van der Waals surface area contributed by atoms with Gasteiger partial charge in [0.15, 0.2) is 0 Å². The van der Waals surface area contributed by atoms with Crippen LogP contribution in [0.4, 0.5) is 0 Å². The lowest BCUT2D eigenvalue weighted by atomic mass is 10.0. The topological polar surface area (TPSA) is 145 Å². The van der Waals surface area contributed by atoms with Crippen LogP contribution in [0.1, 0.15) is 174 Å². The summed E-state index contributed by atoms with van der Waals surface area (Å²) < 4.78 is 17.1. The van der Waals surface area contributed by atoms with Crippen molar-refractivity contribution in [3.8, 4) is 0 Å². The van der Waals surface area contributed by atoms with Gasteiger partial charge in [-0.2, -0.15) is 0 Å². The normalized spacial score (nSPS) is 13.0. The molecule has 290 valence electrons. The molecule has 0 heterocycles. The van der Waals surface area contributed by atoms with Crippen LogP contribution in [0.15, 0.2) is 0 Å². The largest absolute Gasteiger partial charge is 0.548 e. The summed E-state index contributed by atoms with van der Waals surface area (Å²) in [6, 6.07) is 0.102. The van der Waals surface area contributed by atoms with Crippen molar-refractivity contribution in [2.75, 3.05) is 46.5 Å². The zero-order valence-electron chi connectivity index (χ0n) is 31.8. The van der Waals surface area contributed by atoms with Crippen molar-refractivity contribution in [1.82, 2.24) is 0 Å². The molecule has 11 heteroatoms. The van der Waals surface area contributed by atoms with Gasteiger partial charge in [-0.1, -0.05) is 142 Å². The lowest BCUT2D eigenvalue weighted by molar-refractivity contribution is -0.910. The first-order valence-electron chi connectivity index (χ1n) is 19.9. The molecular formula is C38H74NO9Si-. The Bertz CT molecular complexity index is 771. The smallest absolute Gasteiger partial charge is 0.502 e. The van der Waals surface area contributed by atoms with Crippen molar-refractivity contribution in [3.05, 3.63) is 0 Å². The first-order chi connectivity index (χ1) is 23.6. The van der Waals surface area contributed by atoms with Crippen LogP contribution in [0.2, 0.25) is 6.04 Å². The van der Waals surface area contributed by atoms with Gasteiger partial charge < -0.3 is 42.7 Å². The van der Waals surface area contributed by atoms with Gasteiger partial charge in [-0.25, -0.2) is 4.79 Å². The number of hydrogen-bond donors (Lipinski definition) is 1. The molecule has 0 saturated carbocycles. The van der Waals surface area contributed by atoms with Gasteiger partial charge in [0.05, 0.1) is 51.8 Å². The van der Waals surface area contributed by atoms with Crippen molar-refractivity contribution in [1.29, 1.82) is 0 Å². The molecule has 0 fully saturated rings. The molecule has 1 N–H and O–H groups in total. The Balaban J connectivity index is 4.84. The third kappa shape index (κ3) is 31.0. The second-order valence-corrected chi connectivity index (χ2v) is 17.1. The fourth-order valence-electron chi connectivity index (χ4n) is 6.53. The highest BCUT2D eigenvalue weighted by atomic mass is 28.4. The minimum absolute atomic E-state index is 0.102. The van der Waals surface area contributed by atoms with Crippen LogP contribution < -0.4 is 10.2 Å². The average molecular weight is 717 g/mol. The molecule has 0 spiro atoms. The number of unbranched alkanes of at least 4 members (excludes halogenated alkanes) is 22. The molecule has 0 radical (unpaired) electrons. The summed E-state index contributed by atoms with van der Waals surface area (Å²) in [5.41, 5.74) is 0. The van der Waals surface area contributed by atoms with Crippen molar-refractivity contribution in [2.24, 2.45) is 0 Å². The van der Waals surface area contributed by atoms with Gasteiger partial charge in [0.25, 0.3) is 0 Å². The predicted octanol–water partition coefficient (Wildman–Crippen LogP) is 6.80. The van der Waals surface area contributed by atoms with E-state index in [1.807, 2.05) is 0 Å². The van der Waals surface area contributed by atoms with Crippen LogP contribution in [0, 0.1) is 0 Å². The summed E-state index contributed by atoms with van der Waals surface area (Å²) in [5, 5.41) is 31.5. The van der Waals surface area contributed by atoms with E-state index >= 15 is 0 Å². The van der Waals surface area contributed by atoms with Crippen molar-refractivity contribution >= 4 is 26.7 Å². The quantitative estimate of drug-likeness (QED) is 0.0413. The minimum Gasteiger partial charge on any atom is -0.548 e. The zero-order chi connectivity index (χ0) is 36.5. The Kier molecular flexibility index (Phi) is 31.4. The summed E-state index contributed by atoms with van der Waals surface area (Å²) in [7, 11) is -1.70. The van der Waals surface area contributed by atoms with Crippen LogP contribution >= 0.6 is 0 Å². The highest BCUT2D eigenvalue weighted by Crippen LogP contribution is 2.22. The van der Waals surface area contributed by atoms with Gasteiger partial charge in [0.1, 0.15) is 6.61 Å². The lowest BCUT2D eigenvalue weighted by Gasteiger charge is -2.36. The molecule has 0 aliphatic carbocycles. The zero-order valence-corrected chi connectivity index (χ0v) is 32.8. The highest BCUT2D eigenvalue weighted by Gasteiger charge is 2.42. The lowest BCUT2D eigenvalue weighted by Crippen LogP contribution is -2.52. The van der Waals surface area contributed by atoms with Crippen molar-refractivity contribution in [2.45, 2.75) is 180 Å². The number of carboxylic acids is 3. The Morgan fingerprint density at radius 2 is 0.776 bits per heavy atom. The second-order valence-electron chi connectivity index (χ2n) is 14.4. The Labute approximate surface area is 300 Å². The van der Waals surface area contributed by atoms with E-state index in [1.54, 1.807) is 0 Å². The maximum absolute atomic E-state index is 11.3. The number of carbonyl (C=O) groups excluding carboxylic acids is 2. The van der Waals surface area contributed by atoms with Crippen LogP contribution in [0.3, 0.4) is 0 Å². The monoisotopic (exact) mass is 717 g/mol. The molecule has 1 unspecified atom stereocenters. The fraction of sp³-hybridized carbons (Fsp3) is 0.921. The molecule has 0 bridgehead atoms. The number of aliphatic carboxylic acids is 3. The minimum atomic E-state index is -3.95. The molecule has 0 aliphatic rings. The van der Waals surface area contributed by atoms with Crippen molar-refractivity contribution < 1.29 is 47.5 Å². The number of rotatable bonds is 39. The van der Waals surface area contributed by atoms with E-state index < -0.39 is 46.5 Å². The second kappa shape index (κ2) is 32.4. The number of carbonyl (C=O) groups is 3. The van der Waals surface area contributed by atoms with Crippen LogP contribution in [-0.2, 0) is 27.7 Å². The summed E-state index contributed by atoms with van der Waals surface area (Å²) in [4.78, 5) is 33.6. The Morgan fingerprint density at radius 3 is 1.08 bits per heavy atom. The van der Waals surface area contributed by atoms with E-state index in [-0.39, 0.29) is 6.04 Å². The van der Waals surface area contributed by atoms with E-state index in [0.717, 1.165) is 37.0 Å². The van der Waals surface area contributed by atoms with E-state index in [9.17, 15) is 29.7 Å². The Morgan fingerprint density at radius 1 is 0.490 bits per heavy atom. The molecule has 49 heavy (non-hydrogen) atoms. The van der Waals surface area contributed by atoms with Crippen LogP contribution in [0.25, 0.3) is 0 Å². The SMILES string of the molecule is CCCCCCCCCCCCCCCCCC[N+](C)(CCCCCCCCCC)CCC[Si](OCC(=O)[O-])(OCC(=O)[O-])OCC(=O)O. The summed E-state index contributed by atoms with van der Waals surface area (Å²) in [6.45, 7) is 4.74. The number of nitrogens with zero attached hydrogens (tertiary/aromatic N) is 1. The Hall–Kier alpha value is -1.53. The first kappa shape index (κ1) is 47.5. The summed E-state index contributed by atoms with van der Waals surface area (Å²) in [6.07, 6.45) is 31.7. The third-order valence-electron chi connectivity index (χ3n) is 9.52. The van der Waals surface area contributed by atoms with E-state index in [2.05, 4.69) is 20.9 Å². The first-order valence-corrected chi connectivity index (χ1v) is 21.9. The molecule has 0 aromatic carbocycles. The molecular weight excluding hydrogens is 643 g/mol. The third-order valence-corrected chi connectivity index (χ3v) is 12.2. The van der Waals surface area contributed by atoms with Crippen LogP contribution in [-0.4, -0.2) is 82.8 Å². The van der Waals surface area contributed by atoms with E-state index in [1.165, 1.54) is 141 Å². The molecule has 0 saturated heterocycles. The fourth-order valence-corrected chi connectivity index (χ4v) is 8.83. The van der Waals surface area contributed by atoms with E-state index in [0.29, 0.717) is 6.42 Å². The van der Waals surface area contributed by atoms with E-state index in [4.69, 9.17) is 13.3 Å². The molecule has 0 aromatic rings. The average Bonchev–Trinajstić information content (AvgIpc) is 3.06. The predicted molar refractivity (Wildman–Crippen MR) is 194 cm³/mol. The molecule has 10 nitrogen and oxygen atoms in total. The molecule has 0 rings (SSSR count). The standard InChI is InChI=1S/C38H75NO9Si/c1-4-6-8-10-12-14-15-16-17-18-19-20-21-23-25-27-30-39(3,29-26-24-22-13-11-9-7-5-2)31-28-32-49(46-33-36(40)41,47-34-37(42)43)48-35-38(44)45/h4-35H2,1-3H3,(H2-,40,41,42,43,44,45)/p-1. The molecule has 0 aliphatic heterocycles. The summed E-state index contributed by atoms with van der Waals surface area (Å²) >= 11 is 0. The van der Waals surface area contributed by atoms with Gasteiger partial charge in [0, 0.05) is 12.5 Å². The van der Waals surface area contributed by atoms with Crippen LogP contribution in [0.5, 0.6) is 0 Å². The van der Waals surface area contributed by atoms with Gasteiger partial charge in [-0.15, -0.1) is 0 Å². The summed E-state index contributed by atoms with van der Waals surface area (Å²) in [5.74, 6) is -4.33.